The maximum Gasteiger partial charge on any atom is 0.191 e. The molecular weight excluding hydrogens is 346 g/mol. The zero-order chi connectivity index (χ0) is 18.2. The molecule has 0 spiro atoms. The first kappa shape index (κ1) is 18.0. The molecule has 26 heavy (non-hydrogen) atoms. The van der Waals surface area contributed by atoms with Crippen molar-refractivity contribution in [1.29, 1.82) is 0 Å². The number of rotatable bonds is 6. The molecule has 0 unspecified atom stereocenters. The lowest BCUT2D eigenvalue weighted by Gasteiger charge is -2.14. The van der Waals surface area contributed by atoms with Crippen molar-refractivity contribution in [2.45, 2.75) is 20.0 Å². The number of halogens is 1. The summed E-state index contributed by atoms with van der Waals surface area (Å²) in [6, 6.07) is 16.0. The number of imidazole rings is 1. The third-order valence-electron chi connectivity index (χ3n) is 3.90. The quantitative estimate of drug-likeness (QED) is 0.515. The number of para-hydroxylation sites is 1. The van der Waals surface area contributed by atoms with Crippen LogP contribution in [0.4, 0.5) is 0 Å². The fourth-order valence-corrected chi connectivity index (χ4v) is 2.72. The molecule has 0 amide bonds. The van der Waals surface area contributed by atoms with Crippen molar-refractivity contribution >= 4 is 17.6 Å². The Morgan fingerprint density at radius 1 is 1.12 bits per heavy atom. The van der Waals surface area contributed by atoms with Crippen LogP contribution in [0.1, 0.15) is 18.1 Å². The Morgan fingerprint density at radius 2 is 1.92 bits per heavy atom. The molecule has 0 bridgehead atoms. The summed E-state index contributed by atoms with van der Waals surface area (Å²) >= 11 is 5.93. The van der Waals surface area contributed by atoms with Gasteiger partial charge in [-0.1, -0.05) is 41.9 Å². The third kappa shape index (κ3) is 4.86. The van der Waals surface area contributed by atoms with Gasteiger partial charge in [0.15, 0.2) is 5.96 Å². The second kappa shape index (κ2) is 9.06. The van der Waals surface area contributed by atoms with Crippen LogP contribution in [0.3, 0.4) is 0 Å². The first-order valence-corrected chi connectivity index (χ1v) is 8.97. The first-order chi connectivity index (χ1) is 12.8. The molecule has 0 radical (unpaired) electrons. The van der Waals surface area contributed by atoms with Gasteiger partial charge < -0.3 is 15.2 Å². The molecule has 0 aliphatic rings. The van der Waals surface area contributed by atoms with Gasteiger partial charge in [0.2, 0.25) is 0 Å². The molecular formula is C20H22ClN5. The van der Waals surface area contributed by atoms with Crippen LogP contribution in [0, 0.1) is 0 Å². The number of nitrogens with zero attached hydrogens (tertiary/aromatic N) is 3. The molecule has 0 saturated heterocycles. The summed E-state index contributed by atoms with van der Waals surface area (Å²) in [5, 5.41) is 7.42. The maximum atomic E-state index is 5.93. The fraction of sp³-hybridized carbons (Fsp3) is 0.200. The number of benzene rings is 2. The second-order valence-corrected chi connectivity index (χ2v) is 6.21. The van der Waals surface area contributed by atoms with E-state index in [0.717, 1.165) is 28.8 Å². The number of hydrogen-bond acceptors (Lipinski definition) is 2. The summed E-state index contributed by atoms with van der Waals surface area (Å²) in [5.74, 6) is 0.780. The minimum atomic E-state index is 0.593. The van der Waals surface area contributed by atoms with Crippen LogP contribution in [0.25, 0.3) is 5.69 Å². The summed E-state index contributed by atoms with van der Waals surface area (Å²) in [6.45, 7) is 4.12. The number of guanidine groups is 1. The molecule has 2 aromatic carbocycles. The van der Waals surface area contributed by atoms with E-state index in [1.807, 2.05) is 47.2 Å². The smallest absolute Gasteiger partial charge is 0.191 e. The minimum Gasteiger partial charge on any atom is -0.357 e. The molecule has 3 aromatic rings. The Bertz CT molecular complexity index is 841. The Kier molecular flexibility index (Phi) is 6.28. The zero-order valence-electron chi connectivity index (χ0n) is 14.7. The standard InChI is InChI=1S/C20H22ClN5/c1-2-23-20(24-13-16-7-9-18(21)10-8-16)25-14-17-5-3-4-6-19(17)26-12-11-22-15-26/h3-12,15H,2,13-14H2,1H3,(H2,23,24,25). The largest absolute Gasteiger partial charge is 0.357 e. The van der Waals surface area contributed by atoms with Gasteiger partial charge in [-0.05, 0) is 36.2 Å². The molecule has 1 aromatic heterocycles. The Balaban J connectivity index is 1.69. The average Bonchev–Trinajstić information content (AvgIpc) is 3.20. The molecule has 0 aliphatic carbocycles. The highest BCUT2D eigenvalue weighted by Gasteiger charge is 2.05. The highest BCUT2D eigenvalue weighted by atomic mass is 35.5. The lowest BCUT2D eigenvalue weighted by atomic mass is 10.1. The molecule has 6 heteroatoms. The number of aliphatic imine (C=N–C) groups is 1. The van der Waals surface area contributed by atoms with Crippen molar-refractivity contribution < 1.29 is 0 Å². The van der Waals surface area contributed by atoms with E-state index in [0.29, 0.717) is 13.1 Å². The van der Waals surface area contributed by atoms with Crippen molar-refractivity contribution in [3.05, 3.63) is 83.4 Å². The molecule has 2 N–H and O–H groups in total. The van der Waals surface area contributed by atoms with Crippen LogP contribution in [-0.4, -0.2) is 22.1 Å². The van der Waals surface area contributed by atoms with Gasteiger partial charge >= 0.3 is 0 Å². The van der Waals surface area contributed by atoms with Crippen molar-refractivity contribution in [2.24, 2.45) is 4.99 Å². The fourth-order valence-electron chi connectivity index (χ4n) is 2.59. The number of aromatic nitrogens is 2. The Hall–Kier alpha value is -2.79. The average molecular weight is 368 g/mol. The molecule has 0 atom stereocenters. The van der Waals surface area contributed by atoms with E-state index in [9.17, 15) is 0 Å². The van der Waals surface area contributed by atoms with Gasteiger partial charge in [-0.2, -0.15) is 0 Å². The minimum absolute atomic E-state index is 0.593. The van der Waals surface area contributed by atoms with Crippen LogP contribution in [0.5, 0.6) is 0 Å². The molecule has 3 rings (SSSR count). The van der Waals surface area contributed by atoms with Gasteiger partial charge in [0.1, 0.15) is 0 Å². The predicted octanol–water partition coefficient (Wildman–Crippen LogP) is 3.78. The van der Waals surface area contributed by atoms with E-state index in [4.69, 9.17) is 11.6 Å². The predicted molar refractivity (Wildman–Crippen MR) is 107 cm³/mol. The normalized spacial score (nSPS) is 11.4. The van der Waals surface area contributed by atoms with Crippen molar-refractivity contribution in [1.82, 2.24) is 20.2 Å². The van der Waals surface area contributed by atoms with Crippen LogP contribution in [0.2, 0.25) is 5.02 Å². The molecule has 1 heterocycles. The topological polar surface area (TPSA) is 54.2 Å². The van der Waals surface area contributed by atoms with Gasteiger partial charge in [0, 0.05) is 30.5 Å². The lowest BCUT2D eigenvalue weighted by molar-refractivity contribution is 0.810. The van der Waals surface area contributed by atoms with Crippen LogP contribution in [-0.2, 0) is 13.1 Å². The van der Waals surface area contributed by atoms with Crippen LogP contribution >= 0.6 is 11.6 Å². The van der Waals surface area contributed by atoms with E-state index in [-0.39, 0.29) is 0 Å². The molecule has 0 fully saturated rings. The Labute approximate surface area is 158 Å². The molecule has 5 nitrogen and oxygen atoms in total. The van der Waals surface area contributed by atoms with Gasteiger partial charge in [-0.3, -0.25) is 0 Å². The monoisotopic (exact) mass is 367 g/mol. The van der Waals surface area contributed by atoms with Gasteiger partial charge in [0.05, 0.1) is 18.6 Å². The van der Waals surface area contributed by atoms with Crippen molar-refractivity contribution in [3.8, 4) is 5.69 Å². The van der Waals surface area contributed by atoms with Crippen molar-refractivity contribution in [3.63, 3.8) is 0 Å². The van der Waals surface area contributed by atoms with Gasteiger partial charge in [-0.15, -0.1) is 0 Å². The van der Waals surface area contributed by atoms with E-state index in [1.54, 1.807) is 12.5 Å². The van der Waals surface area contributed by atoms with Gasteiger partial charge in [-0.25, -0.2) is 9.98 Å². The SMILES string of the molecule is CCNC(=NCc1ccc(Cl)cc1)NCc1ccccc1-n1ccnc1. The van der Waals surface area contributed by atoms with E-state index in [2.05, 4.69) is 39.7 Å². The highest BCUT2D eigenvalue weighted by Crippen LogP contribution is 2.14. The van der Waals surface area contributed by atoms with Crippen molar-refractivity contribution in [2.75, 3.05) is 6.54 Å². The summed E-state index contributed by atoms with van der Waals surface area (Å²) in [4.78, 5) is 8.78. The molecule has 134 valence electrons. The molecule has 0 aliphatic heterocycles. The van der Waals surface area contributed by atoms with Gasteiger partial charge in [0.25, 0.3) is 0 Å². The second-order valence-electron chi connectivity index (χ2n) is 5.77. The highest BCUT2D eigenvalue weighted by molar-refractivity contribution is 6.30. The van der Waals surface area contributed by atoms with E-state index < -0.39 is 0 Å². The molecule has 0 saturated carbocycles. The van der Waals surface area contributed by atoms with E-state index >= 15 is 0 Å². The Morgan fingerprint density at radius 3 is 2.65 bits per heavy atom. The summed E-state index contributed by atoms with van der Waals surface area (Å²) in [7, 11) is 0. The summed E-state index contributed by atoms with van der Waals surface area (Å²) in [6.07, 6.45) is 5.53. The zero-order valence-corrected chi connectivity index (χ0v) is 15.4. The maximum absolute atomic E-state index is 5.93. The van der Waals surface area contributed by atoms with Crippen LogP contribution < -0.4 is 10.6 Å². The first-order valence-electron chi connectivity index (χ1n) is 8.59. The number of hydrogen-bond donors (Lipinski definition) is 2. The number of nitrogens with one attached hydrogen (secondary N) is 2. The van der Waals surface area contributed by atoms with E-state index in [1.165, 1.54) is 5.56 Å². The summed E-state index contributed by atoms with van der Waals surface area (Å²) in [5.41, 5.74) is 3.39. The summed E-state index contributed by atoms with van der Waals surface area (Å²) < 4.78 is 2.01. The lowest BCUT2D eigenvalue weighted by Crippen LogP contribution is -2.37. The van der Waals surface area contributed by atoms with Crippen LogP contribution in [0.15, 0.2) is 72.2 Å². The third-order valence-corrected chi connectivity index (χ3v) is 4.15.